The molecule has 142 valence electrons. The lowest BCUT2D eigenvalue weighted by Gasteiger charge is -2.28. The molecule has 0 N–H and O–H groups in total. The number of alkyl halides is 2. The van der Waals surface area contributed by atoms with Gasteiger partial charge in [0.2, 0.25) is 0 Å². The van der Waals surface area contributed by atoms with Crippen molar-refractivity contribution in [2.45, 2.75) is 25.9 Å². The van der Waals surface area contributed by atoms with E-state index in [0.717, 1.165) is 29.2 Å². The van der Waals surface area contributed by atoms with Gasteiger partial charge in [0.25, 0.3) is 5.92 Å². The highest BCUT2D eigenvalue weighted by Gasteiger charge is 2.26. The molecule has 4 rings (SSSR count). The molecule has 1 aliphatic heterocycles. The van der Waals surface area contributed by atoms with Gasteiger partial charge < -0.3 is 4.74 Å². The van der Waals surface area contributed by atoms with E-state index < -0.39 is 12.0 Å². The molecule has 2 heterocycles. The zero-order valence-electron chi connectivity index (χ0n) is 15.2. The van der Waals surface area contributed by atoms with Crippen molar-refractivity contribution in [3.8, 4) is 16.9 Å². The fourth-order valence-electron chi connectivity index (χ4n) is 3.20. The number of hydrogen-bond acceptors (Lipinski definition) is 3. The van der Waals surface area contributed by atoms with Gasteiger partial charge in [0.15, 0.2) is 0 Å². The van der Waals surface area contributed by atoms with Gasteiger partial charge >= 0.3 is 6.09 Å². The smallest absolute Gasteiger partial charge is 0.410 e. The van der Waals surface area contributed by atoms with Crippen LogP contribution in [0, 0.1) is 0 Å². The number of ether oxygens (including phenoxy) is 1. The molecule has 0 unspecified atom stereocenters. The van der Waals surface area contributed by atoms with Crippen molar-refractivity contribution in [2.75, 3.05) is 0 Å². The molecular weight excluding hydrogens is 362 g/mol. The van der Waals surface area contributed by atoms with Crippen molar-refractivity contribution in [1.29, 1.82) is 0 Å². The first kappa shape index (κ1) is 18.1. The van der Waals surface area contributed by atoms with Crippen molar-refractivity contribution in [1.82, 2.24) is 9.88 Å². The number of aromatic nitrogens is 1. The SMILES string of the molecule is CC(F)(F)c1ccc(-c2ccc3c(c2)CN(Cc2ccncc2)C(=O)O3)cc1. The number of hydrogen-bond donors (Lipinski definition) is 0. The lowest BCUT2D eigenvalue weighted by Crippen LogP contribution is -2.36. The molecule has 4 nitrogen and oxygen atoms in total. The monoisotopic (exact) mass is 380 g/mol. The molecule has 0 radical (unpaired) electrons. The maximum Gasteiger partial charge on any atom is 0.415 e. The van der Waals surface area contributed by atoms with Gasteiger partial charge in [-0.05, 0) is 41.0 Å². The number of carbonyl (C=O) groups is 1. The second-order valence-corrected chi connectivity index (χ2v) is 6.87. The predicted octanol–water partition coefficient (Wildman–Crippen LogP) is 5.37. The molecular formula is C22H18F2N2O2. The van der Waals surface area contributed by atoms with Gasteiger partial charge in [0, 0.05) is 37.0 Å². The van der Waals surface area contributed by atoms with E-state index in [1.165, 1.54) is 12.1 Å². The van der Waals surface area contributed by atoms with E-state index >= 15 is 0 Å². The number of halogens is 2. The molecule has 1 amide bonds. The predicted molar refractivity (Wildman–Crippen MR) is 101 cm³/mol. The third-order valence-corrected chi connectivity index (χ3v) is 4.73. The Morgan fingerprint density at radius 2 is 1.71 bits per heavy atom. The minimum absolute atomic E-state index is 0.0216. The third kappa shape index (κ3) is 3.71. The number of rotatable bonds is 4. The van der Waals surface area contributed by atoms with Crippen LogP contribution in [0.2, 0.25) is 0 Å². The summed E-state index contributed by atoms with van der Waals surface area (Å²) in [5.74, 6) is -2.34. The van der Waals surface area contributed by atoms with Gasteiger partial charge in [-0.3, -0.25) is 9.88 Å². The molecule has 3 aromatic rings. The zero-order chi connectivity index (χ0) is 19.7. The van der Waals surface area contributed by atoms with Crippen LogP contribution in [0.3, 0.4) is 0 Å². The van der Waals surface area contributed by atoms with Crippen LogP contribution in [0.15, 0.2) is 67.0 Å². The quantitative estimate of drug-likeness (QED) is 0.611. The van der Waals surface area contributed by atoms with Gasteiger partial charge in [0.1, 0.15) is 5.75 Å². The molecule has 0 bridgehead atoms. The Morgan fingerprint density at radius 3 is 2.39 bits per heavy atom. The molecule has 0 saturated carbocycles. The normalized spacial score (nSPS) is 13.8. The Kier molecular flexibility index (Phi) is 4.55. The van der Waals surface area contributed by atoms with Crippen LogP contribution in [0.1, 0.15) is 23.6 Å². The number of amides is 1. The van der Waals surface area contributed by atoms with Crippen molar-refractivity contribution in [2.24, 2.45) is 0 Å². The summed E-state index contributed by atoms with van der Waals surface area (Å²) in [5.41, 5.74) is 3.52. The number of carbonyl (C=O) groups excluding carboxylic acids is 1. The highest BCUT2D eigenvalue weighted by molar-refractivity contribution is 5.75. The second-order valence-electron chi connectivity index (χ2n) is 6.87. The van der Waals surface area contributed by atoms with Gasteiger partial charge in [-0.1, -0.05) is 30.3 Å². The third-order valence-electron chi connectivity index (χ3n) is 4.73. The topological polar surface area (TPSA) is 42.4 Å². The fourth-order valence-corrected chi connectivity index (χ4v) is 3.20. The van der Waals surface area contributed by atoms with Gasteiger partial charge in [-0.25, -0.2) is 13.6 Å². The Labute approximate surface area is 161 Å². The maximum absolute atomic E-state index is 13.4. The molecule has 6 heteroatoms. The average Bonchev–Trinajstić information content (AvgIpc) is 2.68. The molecule has 0 atom stereocenters. The van der Waals surface area contributed by atoms with Crippen LogP contribution in [-0.2, 0) is 19.0 Å². The van der Waals surface area contributed by atoms with Crippen molar-refractivity contribution in [3.63, 3.8) is 0 Å². The van der Waals surface area contributed by atoms with Gasteiger partial charge in [0.05, 0.1) is 6.54 Å². The minimum Gasteiger partial charge on any atom is -0.410 e. The molecule has 0 fully saturated rings. The number of nitrogens with zero attached hydrogens (tertiary/aromatic N) is 2. The molecule has 2 aromatic carbocycles. The Balaban J connectivity index is 1.58. The second kappa shape index (κ2) is 7.03. The number of benzene rings is 2. The van der Waals surface area contributed by atoms with Crippen LogP contribution >= 0.6 is 0 Å². The van der Waals surface area contributed by atoms with Gasteiger partial charge in [-0.2, -0.15) is 0 Å². The highest BCUT2D eigenvalue weighted by Crippen LogP contribution is 2.33. The standard InChI is InChI=1S/C22H18F2N2O2/c1-22(23,24)19-5-2-16(3-6-19)17-4-7-20-18(12-17)14-26(21(27)28-20)13-15-8-10-25-11-9-15/h2-12H,13-14H2,1H3. The number of pyridine rings is 1. The molecule has 0 aliphatic carbocycles. The summed E-state index contributed by atoms with van der Waals surface area (Å²) in [6.07, 6.45) is 2.96. The maximum atomic E-state index is 13.4. The summed E-state index contributed by atoms with van der Waals surface area (Å²) in [7, 11) is 0. The summed E-state index contributed by atoms with van der Waals surface area (Å²) < 4.78 is 32.3. The summed E-state index contributed by atoms with van der Waals surface area (Å²) >= 11 is 0. The Morgan fingerprint density at radius 1 is 1.04 bits per heavy atom. The summed E-state index contributed by atoms with van der Waals surface area (Å²) in [6.45, 7) is 1.72. The van der Waals surface area contributed by atoms with Crippen LogP contribution in [0.5, 0.6) is 5.75 Å². The molecule has 0 saturated heterocycles. The fraction of sp³-hybridized carbons (Fsp3) is 0.182. The highest BCUT2D eigenvalue weighted by atomic mass is 19.3. The molecule has 1 aromatic heterocycles. The summed E-state index contributed by atoms with van der Waals surface area (Å²) in [5, 5.41) is 0. The Hall–Kier alpha value is -3.28. The molecule has 0 spiro atoms. The average molecular weight is 380 g/mol. The number of fused-ring (bicyclic) bond motifs is 1. The minimum atomic E-state index is -2.87. The van der Waals surface area contributed by atoms with Crippen LogP contribution < -0.4 is 4.74 Å². The van der Waals surface area contributed by atoms with Crippen LogP contribution in [0.25, 0.3) is 11.1 Å². The van der Waals surface area contributed by atoms with Crippen molar-refractivity contribution < 1.29 is 18.3 Å². The van der Waals surface area contributed by atoms with E-state index in [0.29, 0.717) is 18.8 Å². The van der Waals surface area contributed by atoms with E-state index in [1.54, 1.807) is 35.5 Å². The largest absolute Gasteiger partial charge is 0.415 e. The molecule has 1 aliphatic rings. The lowest BCUT2D eigenvalue weighted by molar-refractivity contribution is 0.0175. The van der Waals surface area contributed by atoms with Crippen LogP contribution in [0.4, 0.5) is 13.6 Å². The van der Waals surface area contributed by atoms with Crippen molar-refractivity contribution >= 4 is 6.09 Å². The van der Waals surface area contributed by atoms with E-state index in [-0.39, 0.29) is 5.56 Å². The summed E-state index contributed by atoms with van der Waals surface area (Å²) in [6, 6.07) is 15.4. The van der Waals surface area contributed by atoms with Crippen molar-refractivity contribution in [3.05, 3.63) is 83.7 Å². The van der Waals surface area contributed by atoms with Crippen LogP contribution in [-0.4, -0.2) is 16.0 Å². The zero-order valence-corrected chi connectivity index (χ0v) is 15.2. The van der Waals surface area contributed by atoms with E-state index in [9.17, 15) is 13.6 Å². The first-order valence-corrected chi connectivity index (χ1v) is 8.87. The van der Waals surface area contributed by atoms with Gasteiger partial charge in [-0.15, -0.1) is 0 Å². The first-order valence-electron chi connectivity index (χ1n) is 8.87. The lowest BCUT2D eigenvalue weighted by atomic mass is 9.99. The van der Waals surface area contributed by atoms with E-state index in [2.05, 4.69) is 4.98 Å². The van der Waals surface area contributed by atoms with E-state index in [1.807, 2.05) is 24.3 Å². The Bertz CT molecular complexity index is 999. The first-order chi connectivity index (χ1) is 13.4. The summed E-state index contributed by atoms with van der Waals surface area (Å²) in [4.78, 5) is 17.9. The molecule has 28 heavy (non-hydrogen) atoms. The van der Waals surface area contributed by atoms with E-state index in [4.69, 9.17) is 4.74 Å².